The summed E-state index contributed by atoms with van der Waals surface area (Å²) < 4.78 is 1.92. The van der Waals surface area contributed by atoms with E-state index in [1.54, 1.807) is 7.05 Å². The van der Waals surface area contributed by atoms with Crippen molar-refractivity contribution in [1.29, 1.82) is 0 Å². The van der Waals surface area contributed by atoms with Crippen LogP contribution in [-0.2, 0) is 6.54 Å². The molecule has 0 aliphatic rings. The predicted octanol–water partition coefficient (Wildman–Crippen LogP) is 3.35. The Balaban J connectivity index is 0.00000200. The van der Waals surface area contributed by atoms with Gasteiger partial charge in [0.15, 0.2) is 0 Å². The molecule has 0 radical (unpaired) electrons. The summed E-state index contributed by atoms with van der Waals surface area (Å²) in [5.41, 5.74) is 2.85. The number of rotatable bonds is 4. The maximum absolute atomic E-state index is 11.3. The summed E-state index contributed by atoms with van der Waals surface area (Å²) in [6.45, 7) is 3.03. The molecule has 0 aliphatic heterocycles. The molecule has 5 heteroatoms. The number of carbonyl (C=O) groups excluding carboxylic acids is 1. The summed E-state index contributed by atoms with van der Waals surface area (Å²) in [6, 6.07) is 7.48. The van der Waals surface area contributed by atoms with Crippen molar-refractivity contribution in [3.05, 3.63) is 36.7 Å². The summed E-state index contributed by atoms with van der Waals surface area (Å²) in [4.78, 5) is 11.3. The van der Waals surface area contributed by atoms with Crippen molar-refractivity contribution in [2.75, 3.05) is 12.4 Å². The molecular formula is C15H22N4O. The molecule has 0 fully saturated rings. The van der Waals surface area contributed by atoms with Gasteiger partial charge in [-0.15, -0.1) is 0 Å². The van der Waals surface area contributed by atoms with Crippen molar-refractivity contribution >= 4 is 11.7 Å². The van der Waals surface area contributed by atoms with Crippen molar-refractivity contribution in [2.45, 2.75) is 27.3 Å². The van der Waals surface area contributed by atoms with Gasteiger partial charge in [-0.3, -0.25) is 4.68 Å². The van der Waals surface area contributed by atoms with Crippen LogP contribution in [0.5, 0.6) is 0 Å². The third-order valence-corrected chi connectivity index (χ3v) is 2.77. The summed E-state index contributed by atoms with van der Waals surface area (Å²) in [5.74, 6) is 0. The highest BCUT2D eigenvalue weighted by Crippen LogP contribution is 2.22. The number of nitrogens with one attached hydrogen (secondary N) is 2. The minimum atomic E-state index is -0.223. The fraction of sp³-hybridized carbons (Fsp3) is 0.333. The molecule has 5 nitrogen and oxygen atoms in total. The molecule has 2 N–H and O–H groups in total. The molecule has 1 aromatic carbocycles. The minimum Gasteiger partial charge on any atom is -0.341 e. The third kappa shape index (κ3) is 3.85. The molecule has 0 saturated carbocycles. The van der Waals surface area contributed by atoms with Gasteiger partial charge in [0.05, 0.1) is 6.20 Å². The van der Waals surface area contributed by atoms with E-state index in [4.69, 9.17) is 0 Å². The van der Waals surface area contributed by atoms with Crippen LogP contribution in [0.2, 0.25) is 0 Å². The highest BCUT2D eigenvalue weighted by Gasteiger charge is 2.04. The van der Waals surface area contributed by atoms with E-state index in [0.717, 1.165) is 29.8 Å². The van der Waals surface area contributed by atoms with Gasteiger partial charge in [0.2, 0.25) is 0 Å². The van der Waals surface area contributed by atoms with Crippen molar-refractivity contribution < 1.29 is 4.79 Å². The van der Waals surface area contributed by atoms with E-state index in [0.29, 0.717) is 0 Å². The van der Waals surface area contributed by atoms with Crippen molar-refractivity contribution in [2.24, 2.45) is 0 Å². The van der Waals surface area contributed by atoms with Crippen LogP contribution in [0, 0.1) is 0 Å². The first-order valence-corrected chi connectivity index (χ1v) is 6.34. The van der Waals surface area contributed by atoms with Crippen LogP contribution in [0.4, 0.5) is 10.5 Å². The molecule has 0 atom stereocenters. The number of amides is 2. The van der Waals surface area contributed by atoms with Gasteiger partial charge in [-0.05, 0) is 24.1 Å². The van der Waals surface area contributed by atoms with E-state index >= 15 is 0 Å². The van der Waals surface area contributed by atoms with Gasteiger partial charge in [-0.1, -0.05) is 26.5 Å². The number of hydrogen-bond donors (Lipinski definition) is 2. The number of aromatic nitrogens is 2. The first-order valence-electron chi connectivity index (χ1n) is 6.34. The van der Waals surface area contributed by atoms with Crippen LogP contribution in [0.1, 0.15) is 20.8 Å². The fourth-order valence-electron chi connectivity index (χ4n) is 1.83. The Kier molecular flexibility index (Phi) is 5.77. The van der Waals surface area contributed by atoms with Gasteiger partial charge >= 0.3 is 6.03 Å². The van der Waals surface area contributed by atoms with E-state index in [1.165, 1.54) is 0 Å². The number of hydrogen-bond acceptors (Lipinski definition) is 2. The average Bonchev–Trinajstić information content (AvgIpc) is 2.88. The molecule has 2 amide bonds. The summed E-state index contributed by atoms with van der Waals surface area (Å²) in [5, 5.41) is 9.59. The number of urea groups is 1. The monoisotopic (exact) mass is 274 g/mol. The van der Waals surface area contributed by atoms with Gasteiger partial charge < -0.3 is 10.6 Å². The Morgan fingerprint density at radius 2 is 2.15 bits per heavy atom. The van der Waals surface area contributed by atoms with E-state index in [-0.39, 0.29) is 13.5 Å². The number of carbonyl (C=O) groups is 1. The smallest absolute Gasteiger partial charge is 0.318 e. The Bertz CT molecular complexity index is 563. The zero-order valence-electron chi connectivity index (χ0n) is 11.2. The highest BCUT2D eigenvalue weighted by molar-refractivity contribution is 5.89. The SMILES string of the molecule is C.CCCn1cc(-c2cccc(NC(=O)NC)c2)cn1. The van der Waals surface area contributed by atoms with Gasteiger partial charge in [0, 0.05) is 31.0 Å². The second-order valence-electron chi connectivity index (χ2n) is 4.28. The van der Waals surface area contributed by atoms with E-state index < -0.39 is 0 Å². The first kappa shape index (κ1) is 15.8. The maximum Gasteiger partial charge on any atom is 0.318 e. The summed E-state index contributed by atoms with van der Waals surface area (Å²) in [6.07, 6.45) is 4.91. The topological polar surface area (TPSA) is 59.0 Å². The van der Waals surface area contributed by atoms with E-state index in [2.05, 4.69) is 22.7 Å². The Morgan fingerprint density at radius 1 is 1.35 bits per heavy atom. The highest BCUT2D eigenvalue weighted by atomic mass is 16.2. The van der Waals surface area contributed by atoms with E-state index in [1.807, 2.05) is 41.3 Å². The first-order chi connectivity index (χ1) is 9.22. The van der Waals surface area contributed by atoms with Gasteiger partial charge in [-0.25, -0.2) is 4.79 Å². The van der Waals surface area contributed by atoms with Crippen molar-refractivity contribution in [3.8, 4) is 11.1 Å². The summed E-state index contributed by atoms with van der Waals surface area (Å²) in [7, 11) is 1.59. The van der Waals surface area contributed by atoms with Crippen molar-refractivity contribution in [3.63, 3.8) is 0 Å². The van der Waals surface area contributed by atoms with Crippen molar-refractivity contribution in [1.82, 2.24) is 15.1 Å². The molecular weight excluding hydrogens is 252 g/mol. The second-order valence-corrected chi connectivity index (χ2v) is 4.28. The Morgan fingerprint density at radius 3 is 2.85 bits per heavy atom. The lowest BCUT2D eigenvalue weighted by Crippen LogP contribution is -2.24. The van der Waals surface area contributed by atoms with Crippen LogP contribution < -0.4 is 10.6 Å². The lowest BCUT2D eigenvalue weighted by molar-refractivity contribution is 0.254. The second kappa shape index (κ2) is 7.33. The lowest BCUT2D eigenvalue weighted by atomic mass is 10.1. The maximum atomic E-state index is 11.3. The molecule has 0 aliphatic carbocycles. The normalized spacial score (nSPS) is 9.70. The predicted molar refractivity (Wildman–Crippen MR) is 82.8 cm³/mol. The fourth-order valence-corrected chi connectivity index (χ4v) is 1.83. The van der Waals surface area contributed by atoms with Gasteiger partial charge in [-0.2, -0.15) is 5.10 Å². The standard InChI is InChI=1S/C14H18N4O.CH4/c1-3-7-18-10-12(9-16-18)11-5-4-6-13(8-11)17-14(19)15-2;/h4-6,8-10H,3,7H2,1-2H3,(H2,15,17,19);1H4. The van der Waals surface area contributed by atoms with Gasteiger partial charge in [0.25, 0.3) is 0 Å². The largest absolute Gasteiger partial charge is 0.341 e. The van der Waals surface area contributed by atoms with Gasteiger partial charge in [0.1, 0.15) is 0 Å². The Hall–Kier alpha value is -2.30. The van der Waals surface area contributed by atoms with Crippen LogP contribution in [0.3, 0.4) is 0 Å². The molecule has 1 heterocycles. The number of aryl methyl sites for hydroxylation is 1. The molecule has 0 saturated heterocycles. The quantitative estimate of drug-likeness (QED) is 0.898. The molecule has 2 rings (SSSR count). The van der Waals surface area contributed by atoms with Crippen LogP contribution in [-0.4, -0.2) is 22.9 Å². The molecule has 0 bridgehead atoms. The van der Waals surface area contributed by atoms with Crippen LogP contribution in [0.25, 0.3) is 11.1 Å². The third-order valence-electron chi connectivity index (χ3n) is 2.77. The Labute approximate surface area is 120 Å². The minimum absolute atomic E-state index is 0. The molecule has 0 unspecified atom stereocenters. The van der Waals surface area contributed by atoms with Crippen LogP contribution >= 0.6 is 0 Å². The zero-order valence-corrected chi connectivity index (χ0v) is 11.2. The number of nitrogens with zero attached hydrogens (tertiary/aromatic N) is 2. The molecule has 108 valence electrons. The number of anilines is 1. The molecule has 20 heavy (non-hydrogen) atoms. The summed E-state index contributed by atoms with van der Waals surface area (Å²) >= 11 is 0. The average molecular weight is 274 g/mol. The lowest BCUT2D eigenvalue weighted by Gasteiger charge is -2.05. The molecule has 0 spiro atoms. The number of benzene rings is 1. The van der Waals surface area contributed by atoms with E-state index in [9.17, 15) is 4.79 Å². The molecule has 1 aromatic heterocycles. The van der Waals surface area contributed by atoms with Crippen LogP contribution in [0.15, 0.2) is 36.7 Å². The molecule has 2 aromatic rings. The zero-order chi connectivity index (χ0) is 13.7.